The molecule has 0 saturated carbocycles. The number of carbonyl (C=O) groups is 1. The van der Waals surface area contributed by atoms with Gasteiger partial charge in [-0.2, -0.15) is 13.2 Å². The lowest BCUT2D eigenvalue weighted by Gasteiger charge is -2.37. The fraction of sp³-hybridized carbons (Fsp3) is 0.562. The number of hydrogen-bond donors (Lipinski definition) is 1. The number of hydrogen-bond acceptors (Lipinski definition) is 2. The molecule has 2 aliphatic rings. The van der Waals surface area contributed by atoms with E-state index in [0.717, 1.165) is 31.6 Å². The topological polar surface area (TPSA) is 35.6 Å². The highest BCUT2D eigenvalue weighted by atomic mass is 19.4. The normalized spacial score (nSPS) is 22.0. The van der Waals surface area contributed by atoms with Crippen LogP contribution in [0.2, 0.25) is 0 Å². The van der Waals surface area contributed by atoms with Crippen LogP contribution >= 0.6 is 0 Å². The Hall–Kier alpha value is -1.76. The first-order valence-corrected chi connectivity index (χ1v) is 7.86. The first-order chi connectivity index (χ1) is 10.9. The van der Waals surface area contributed by atoms with Gasteiger partial charge in [0.1, 0.15) is 0 Å². The van der Waals surface area contributed by atoms with Gasteiger partial charge < -0.3 is 10.2 Å². The molecule has 0 bridgehead atoms. The number of urea groups is 1. The number of benzene rings is 1. The van der Waals surface area contributed by atoms with Crippen molar-refractivity contribution in [3.63, 3.8) is 0 Å². The molecule has 7 heteroatoms. The van der Waals surface area contributed by atoms with Crippen LogP contribution < -0.4 is 5.32 Å². The number of amides is 2. The fourth-order valence-corrected chi connectivity index (χ4v) is 3.32. The highest BCUT2D eigenvalue weighted by Gasteiger charge is 2.32. The average molecular weight is 327 g/mol. The molecule has 2 aliphatic heterocycles. The Kier molecular flexibility index (Phi) is 4.48. The third-order valence-electron chi connectivity index (χ3n) is 4.57. The summed E-state index contributed by atoms with van der Waals surface area (Å²) in [4.78, 5) is 16.4. The molecular formula is C16H20F3N3O. The van der Waals surface area contributed by atoms with Gasteiger partial charge in [-0.05, 0) is 37.1 Å². The summed E-state index contributed by atoms with van der Waals surface area (Å²) in [7, 11) is 0. The second-order valence-corrected chi connectivity index (χ2v) is 6.13. The predicted molar refractivity (Wildman–Crippen MR) is 79.8 cm³/mol. The van der Waals surface area contributed by atoms with E-state index in [-0.39, 0.29) is 12.6 Å². The van der Waals surface area contributed by atoms with Gasteiger partial charge in [-0.25, -0.2) is 4.79 Å². The fourth-order valence-electron chi connectivity index (χ4n) is 3.32. The van der Waals surface area contributed by atoms with Crippen LogP contribution in [0.3, 0.4) is 0 Å². The third kappa shape index (κ3) is 3.77. The van der Waals surface area contributed by atoms with Crippen LogP contribution in [0.5, 0.6) is 0 Å². The predicted octanol–water partition coefficient (Wildman–Crippen LogP) is 2.70. The van der Waals surface area contributed by atoms with E-state index in [9.17, 15) is 18.0 Å². The zero-order chi connectivity index (χ0) is 16.4. The number of fused-ring (bicyclic) bond motifs is 1. The first-order valence-electron chi connectivity index (χ1n) is 7.86. The molecule has 0 spiro atoms. The summed E-state index contributed by atoms with van der Waals surface area (Å²) in [5, 5.41) is 2.73. The van der Waals surface area contributed by atoms with Crippen molar-refractivity contribution in [1.82, 2.24) is 15.1 Å². The molecule has 0 aromatic heterocycles. The summed E-state index contributed by atoms with van der Waals surface area (Å²) in [6, 6.07) is 5.29. The van der Waals surface area contributed by atoms with Gasteiger partial charge in [-0.3, -0.25) is 4.90 Å². The molecule has 126 valence electrons. The maximum absolute atomic E-state index is 12.7. The maximum atomic E-state index is 12.7. The minimum atomic E-state index is -4.36. The number of nitrogens with one attached hydrogen (secondary N) is 1. The molecule has 2 heterocycles. The van der Waals surface area contributed by atoms with Gasteiger partial charge in [0.05, 0.1) is 5.56 Å². The van der Waals surface area contributed by atoms with Crippen molar-refractivity contribution in [1.29, 1.82) is 0 Å². The van der Waals surface area contributed by atoms with E-state index < -0.39 is 11.7 Å². The number of carbonyl (C=O) groups excluding carboxylic acids is 1. The molecule has 0 aliphatic carbocycles. The third-order valence-corrected chi connectivity index (χ3v) is 4.57. The van der Waals surface area contributed by atoms with E-state index in [1.165, 1.54) is 12.5 Å². The molecule has 1 N–H and O–H groups in total. The molecule has 0 radical (unpaired) electrons. The molecule has 23 heavy (non-hydrogen) atoms. The van der Waals surface area contributed by atoms with Crippen molar-refractivity contribution in [2.75, 3.05) is 26.2 Å². The average Bonchev–Trinajstić information content (AvgIpc) is 2.99. The van der Waals surface area contributed by atoms with Crippen LogP contribution in [-0.2, 0) is 12.7 Å². The molecule has 1 aromatic carbocycles. The molecule has 2 saturated heterocycles. The summed E-state index contributed by atoms with van der Waals surface area (Å²) in [5.41, 5.74) is -0.239. The zero-order valence-corrected chi connectivity index (χ0v) is 12.8. The Morgan fingerprint density at radius 1 is 1.26 bits per heavy atom. The molecule has 1 atom stereocenters. The largest absolute Gasteiger partial charge is 0.416 e. The van der Waals surface area contributed by atoms with E-state index in [1.807, 2.05) is 0 Å². The van der Waals surface area contributed by atoms with Crippen molar-refractivity contribution in [2.45, 2.75) is 31.6 Å². The van der Waals surface area contributed by atoms with Crippen molar-refractivity contribution in [2.24, 2.45) is 0 Å². The van der Waals surface area contributed by atoms with E-state index in [4.69, 9.17) is 0 Å². The molecule has 3 rings (SSSR count). The summed E-state index contributed by atoms with van der Waals surface area (Å²) in [6.45, 7) is 3.46. The van der Waals surface area contributed by atoms with Gasteiger partial charge in [0.15, 0.2) is 0 Å². The standard InChI is InChI=1S/C16H20F3N3O/c17-16(18,19)13-4-1-3-12(9-13)10-20-15(23)22-8-7-21-6-2-5-14(21)11-22/h1,3-4,9,14H,2,5-8,10-11H2,(H,20,23). The molecule has 4 nitrogen and oxygen atoms in total. The van der Waals surface area contributed by atoms with E-state index >= 15 is 0 Å². The Labute approximate surface area is 133 Å². The van der Waals surface area contributed by atoms with Gasteiger partial charge in [0.25, 0.3) is 0 Å². The maximum Gasteiger partial charge on any atom is 0.416 e. The summed E-state index contributed by atoms with van der Waals surface area (Å²) < 4.78 is 38.0. The first kappa shape index (κ1) is 16.1. The van der Waals surface area contributed by atoms with Gasteiger partial charge in [0.2, 0.25) is 0 Å². The summed E-state index contributed by atoms with van der Waals surface area (Å²) in [6.07, 6.45) is -2.08. The molecule has 1 aromatic rings. The van der Waals surface area contributed by atoms with Crippen LogP contribution in [0.4, 0.5) is 18.0 Å². The minimum absolute atomic E-state index is 0.105. The smallest absolute Gasteiger partial charge is 0.334 e. The van der Waals surface area contributed by atoms with Crippen LogP contribution in [0.1, 0.15) is 24.0 Å². The van der Waals surface area contributed by atoms with Crippen molar-refractivity contribution >= 4 is 6.03 Å². The van der Waals surface area contributed by atoms with Crippen LogP contribution in [-0.4, -0.2) is 48.1 Å². The number of halogens is 3. The van der Waals surface area contributed by atoms with Gasteiger partial charge in [-0.15, -0.1) is 0 Å². The van der Waals surface area contributed by atoms with Crippen LogP contribution in [0.15, 0.2) is 24.3 Å². The number of rotatable bonds is 2. The van der Waals surface area contributed by atoms with Gasteiger partial charge in [-0.1, -0.05) is 12.1 Å². The quantitative estimate of drug-likeness (QED) is 0.906. The zero-order valence-electron chi connectivity index (χ0n) is 12.8. The van der Waals surface area contributed by atoms with Crippen molar-refractivity contribution in [3.8, 4) is 0 Å². The molecule has 1 unspecified atom stereocenters. The summed E-state index contributed by atoms with van der Waals surface area (Å²) in [5.74, 6) is 0. The van der Waals surface area contributed by atoms with E-state index in [2.05, 4.69) is 10.2 Å². The van der Waals surface area contributed by atoms with Crippen LogP contribution in [0, 0.1) is 0 Å². The lowest BCUT2D eigenvalue weighted by molar-refractivity contribution is -0.137. The van der Waals surface area contributed by atoms with Crippen molar-refractivity contribution < 1.29 is 18.0 Å². The Balaban J connectivity index is 1.55. The highest BCUT2D eigenvalue weighted by Crippen LogP contribution is 2.29. The Morgan fingerprint density at radius 2 is 2.09 bits per heavy atom. The number of piperazine rings is 1. The second-order valence-electron chi connectivity index (χ2n) is 6.13. The monoisotopic (exact) mass is 327 g/mol. The highest BCUT2D eigenvalue weighted by molar-refractivity contribution is 5.74. The number of nitrogens with zero attached hydrogens (tertiary/aromatic N) is 2. The van der Waals surface area contributed by atoms with E-state index in [0.29, 0.717) is 24.7 Å². The van der Waals surface area contributed by atoms with Gasteiger partial charge >= 0.3 is 12.2 Å². The lowest BCUT2D eigenvalue weighted by Crippen LogP contribution is -2.54. The molecule has 2 fully saturated rings. The van der Waals surface area contributed by atoms with E-state index in [1.54, 1.807) is 11.0 Å². The van der Waals surface area contributed by atoms with Gasteiger partial charge in [0, 0.05) is 32.2 Å². The lowest BCUT2D eigenvalue weighted by atomic mass is 10.1. The molecule has 2 amide bonds. The molecular weight excluding hydrogens is 307 g/mol. The van der Waals surface area contributed by atoms with Crippen LogP contribution in [0.25, 0.3) is 0 Å². The summed E-state index contributed by atoms with van der Waals surface area (Å²) >= 11 is 0. The SMILES string of the molecule is O=C(NCc1cccc(C(F)(F)F)c1)N1CCN2CCCC2C1. The minimum Gasteiger partial charge on any atom is -0.334 e. The van der Waals surface area contributed by atoms with Crippen molar-refractivity contribution in [3.05, 3.63) is 35.4 Å². The Morgan fingerprint density at radius 3 is 2.87 bits per heavy atom. The second kappa shape index (κ2) is 6.39. The Bertz CT molecular complexity index is 576. The number of alkyl halides is 3.